The zero-order valence-electron chi connectivity index (χ0n) is 11.2. The summed E-state index contributed by atoms with van der Waals surface area (Å²) in [4.78, 5) is 0. The zero-order chi connectivity index (χ0) is 14.2. The van der Waals surface area contributed by atoms with Crippen molar-refractivity contribution in [1.29, 1.82) is 0 Å². The van der Waals surface area contributed by atoms with Gasteiger partial charge in [0.1, 0.15) is 0 Å². The van der Waals surface area contributed by atoms with Crippen LogP contribution in [0.15, 0.2) is 36.4 Å². The molecule has 19 heavy (non-hydrogen) atoms. The Balaban J connectivity index is 2.65. The van der Waals surface area contributed by atoms with E-state index in [1.54, 1.807) is 6.92 Å². The second-order valence-corrected chi connectivity index (χ2v) is 7.83. The first-order valence-electron chi connectivity index (χ1n) is 6.13. The third kappa shape index (κ3) is 2.77. The SMILES string of the molecule is Cc1ccc2ccccc2c1C(Cl)C(C)S(C)(=O)=O. The van der Waals surface area contributed by atoms with Crippen LogP contribution >= 0.6 is 11.6 Å². The normalized spacial score (nSPS) is 15.4. The van der Waals surface area contributed by atoms with E-state index in [2.05, 4.69) is 0 Å². The van der Waals surface area contributed by atoms with Crippen molar-refractivity contribution in [2.45, 2.75) is 24.5 Å². The first-order valence-corrected chi connectivity index (χ1v) is 8.52. The van der Waals surface area contributed by atoms with Crippen LogP contribution in [0.3, 0.4) is 0 Å². The fourth-order valence-electron chi connectivity index (χ4n) is 2.22. The standard InChI is InChI=1S/C15H17ClO2S/c1-10-8-9-12-6-4-5-7-13(12)14(10)15(16)11(2)19(3,17)18/h4-9,11,15H,1-3H3. The van der Waals surface area contributed by atoms with Crippen LogP contribution in [0.25, 0.3) is 10.8 Å². The highest BCUT2D eigenvalue weighted by Crippen LogP contribution is 2.35. The van der Waals surface area contributed by atoms with Gasteiger partial charge in [0.2, 0.25) is 0 Å². The summed E-state index contributed by atoms with van der Waals surface area (Å²) in [5, 5.41) is 0.951. The van der Waals surface area contributed by atoms with Gasteiger partial charge in [0.15, 0.2) is 9.84 Å². The van der Waals surface area contributed by atoms with E-state index >= 15 is 0 Å². The molecule has 0 amide bonds. The number of hydrogen-bond acceptors (Lipinski definition) is 2. The van der Waals surface area contributed by atoms with Crippen molar-refractivity contribution in [1.82, 2.24) is 0 Å². The summed E-state index contributed by atoms with van der Waals surface area (Å²) in [7, 11) is -3.17. The van der Waals surface area contributed by atoms with E-state index in [0.29, 0.717) is 0 Å². The Kier molecular flexibility index (Phi) is 3.88. The van der Waals surface area contributed by atoms with Gasteiger partial charge in [0, 0.05) is 6.26 Å². The number of benzene rings is 2. The fourth-order valence-corrected chi connectivity index (χ4v) is 3.64. The smallest absolute Gasteiger partial charge is 0.151 e. The minimum Gasteiger partial charge on any atom is -0.229 e. The van der Waals surface area contributed by atoms with Crippen molar-refractivity contribution in [2.75, 3.05) is 6.26 Å². The van der Waals surface area contributed by atoms with Gasteiger partial charge >= 0.3 is 0 Å². The maximum atomic E-state index is 11.7. The molecule has 0 saturated heterocycles. The van der Waals surface area contributed by atoms with Gasteiger partial charge < -0.3 is 0 Å². The average molecular weight is 297 g/mol. The molecular formula is C15H17ClO2S. The lowest BCUT2D eigenvalue weighted by atomic mass is 9.96. The molecule has 0 fully saturated rings. The van der Waals surface area contributed by atoms with Crippen LogP contribution in [-0.2, 0) is 9.84 Å². The molecule has 0 spiro atoms. The lowest BCUT2D eigenvalue weighted by Gasteiger charge is -2.20. The van der Waals surface area contributed by atoms with Crippen molar-refractivity contribution in [2.24, 2.45) is 0 Å². The van der Waals surface area contributed by atoms with Crippen LogP contribution in [-0.4, -0.2) is 19.9 Å². The van der Waals surface area contributed by atoms with E-state index in [1.807, 2.05) is 43.3 Å². The number of alkyl halides is 1. The Morgan fingerprint density at radius 2 is 1.74 bits per heavy atom. The van der Waals surface area contributed by atoms with Gasteiger partial charge in [0.25, 0.3) is 0 Å². The van der Waals surface area contributed by atoms with E-state index < -0.39 is 20.5 Å². The van der Waals surface area contributed by atoms with Gasteiger partial charge in [-0.15, -0.1) is 11.6 Å². The van der Waals surface area contributed by atoms with Crippen LogP contribution in [0, 0.1) is 6.92 Å². The van der Waals surface area contributed by atoms with E-state index in [0.717, 1.165) is 21.9 Å². The minimum absolute atomic E-state index is 0.541. The molecule has 2 aromatic carbocycles. The quantitative estimate of drug-likeness (QED) is 0.806. The highest BCUT2D eigenvalue weighted by molar-refractivity contribution is 7.91. The summed E-state index contributed by atoms with van der Waals surface area (Å²) in [6.07, 6.45) is 1.23. The van der Waals surface area contributed by atoms with Crippen molar-refractivity contribution >= 4 is 32.2 Å². The van der Waals surface area contributed by atoms with Gasteiger partial charge in [-0.1, -0.05) is 36.4 Å². The van der Waals surface area contributed by atoms with Gasteiger partial charge in [-0.3, -0.25) is 0 Å². The molecule has 0 saturated carbocycles. The highest BCUT2D eigenvalue weighted by Gasteiger charge is 2.27. The Labute approximate surface area is 119 Å². The molecule has 2 atom stereocenters. The number of hydrogen-bond donors (Lipinski definition) is 0. The molecule has 0 aliphatic heterocycles. The molecule has 102 valence electrons. The van der Waals surface area contributed by atoms with Crippen LogP contribution in [0.5, 0.6) is 0 Å². The molecule has 4 heteroatoms. The summed E-state index contributed by atoms with van der Waals surface area (Å²) >= 11 is 6.45. The van der Waals surface area contributed by atoms with Crippen molar-refractivity contribution < 1.29 is 8.42 Å². The number of fused-ring (bicyclic) bond motifs is 1. The number of rotatable bonds is 3. The summed E-state index contributed by atoms with van der Waals surface area (Å²) in [6.45, 7) is 3.63. The fraction of sp³-hybridized carbons (Fsp3) is 0.333. The second-order valence-electron chi connectivity index (χ2n) is 4.95. The Hall–Kier alpha value is -1.06. The third-order valence-electron chi connectivity index (χ3n) is 3.55. The Bertz CT molecular complexity index is 707. The maximum Gasteiger partial charge on any atom is 0.151 e. The Morgan fingerprint density at radius 1 is 1.11 bits per heavy atom. The summed E-state index contributed by atoms with van der Waals surface area (Å²) in [6, 6.07) is 11.9. The lowest BCUT2D eigenvalue weighted by molar-refractivity contribution is 0.587. The van der Waals surface area contributed by atoms with Crippen LogP contribution in [0.2, 0.25) is 0 Å². The van der Waals surface area contributed by atoms with Crippen LogP contribution in [0.4, 0.5) is 0 Å². The largest absolute Gasteiger partial charge is 0.229 e. The first-order chi connectivity index (χ1) is 8.82. The van der Waals surface area contributed by atoms with E-state index in [4.69, 9.17) is 11.6 Å². The van der Waals surface area contributed by atoms with Gasteiger partial charge in [-0.2, -0.15) is 0 Å². The topological polar surface area (TPSA) is 34.1 Å². The molecule has 0 N–H and O–H groups in total. The first kappa shape index (κ1) is 14.4. The predicted molar refractivity (Wildman–Crippen MR) is 81.6 cm³/mol. The van der Waals surface area contributed by atoms with Crippen LogP contribution < -0.4 is 0 Å². The molecule has 2 aromatic rings. The second kappa shape index (κ2) is 5.14. The maximum absolute atomic E-state index is 11.7. The lowest BCUT2D eigenvalue weighted by Crippen LogP contribution is -2.21. The molecule has 0 aliphatic rings. The third-order valence-corrected chi connectivity index (χ3v) is 5.92. The van der Waals surface area contributed by atoms with Gasteiger partial charge in [-0.05, 0) is 35.7 Å². The molecule has 0 radical (unpaired) electrons. The van der Waals surface area contributed by atoms with Crippen molar-refractivity contribution in [3.05, 3.63) is 47.5 Å². The molecule has 0 bridgehead atoms. The molecule has 0 heterocycles. The van der Waals surface area contributed by atoms with Crippen molar-refractivity contribution in [3.63, 3.8) is 0 Å². The summed E-state index contributed by atoms with van der Waals surface area (Å²) in [5.74, 6) is 0. The van der Waals surface area contributed by atoms with Crippen molar-refractivity contribution in [3.8, 4) is 0 Å². The molecule has 0 aliphatic carbocycles. The monoisotopic (exact) mass is 296 g/mol. The summed E-state index contributed by atoms with van der Waals surface area (Å²) < 4.78 is 23.4. The van der Waals surface area contributed by atoms with E-state index in [1.165, 1.54) is 6.26 Å². The number of halogens is 1. The minimum atomic E-state index is -3.17. The molecule has 2 rings (SSSR count). The van der Waals surface area contributed by atoms with Crippen LogP contribution in [0.1, 0.15) is 23.4 Å². The summed E-state index contributed by atoms with van der Waals surface area (Å²) in [5.41, 5.74) is 1.94. The molecular weight excluding hydrogens is 280 g/mol. The molecule has 2 nitrogen and oxygen atoms in total. The van der Waals surface area contributed by atoms with Gasteiger partial charge in [0.05, 0.1) is 10.6 Å². The highest BCUT2D eigenvalue weighted by atomic mass is 35.5. The zero-order valence-corrected chi connectivity index (χ0v) is 12.8. The number of aryl methyl sites for hydroxylation is 1. The average Bonchev–Trinajstić information content (AvgIpc) is 2.36. The van der Waals surface area contributed by atoms with E-state index in [9.17, 15) is 8.42 Å². The van der Waals surface area contributed by atoms with E-state index in [-0.39, 0.29) is 0 Å². The molecule has 0 aromatic heterocycles. The number of sulfone groups is 1. The Morgan fingerprint density at radius 3 is 2.37 bits per heavy atom. The predicted octanol–water partition coefficient (Wildman–Crippen LogP) is 3.86. The van der Waals surface area contributed by atoms with Gasteiger partial charge in [-0.25, -0.2) is 8.42 Å². The molecule has 2 unspecified atom stereocenters.